The highest BCUT2D eigenvalue weighted by molar-refractivity contribution is 5.75. The topological polar surface area (TPSA) is 54.5 Å². The van der Waals surface area contributed by atoms with E-state index >= 15 is 0 Å². The first kappa shape index (κ1) is 18.4. The van der Waals surface area contributed by atoms with Crippen molar-refractivity contribution in [1.82, 2.24) is 10.3 Å². The monoisotopic (exact) mass is 373 g/mol. The predicted molar refractivity (Wildman–Crippen MR) is 102 cm³/mol. The number of rotatable bonds is 7. The van der Waals surface area contributed by atoms with Crippen molar-refractivity contribution < 1.29 is 13.9 Å². The standard InChI is InChI=1S/C21H28FN3O2/c1-2-3-4-5-6-20(26)24-11-15-16-13-25(18-8-10-23-12-17(18)22)14-21(16)9-7-19(15)27-21/h2-3,8,10,12,15-16,19H,4-7,9,11,13-14H2,1H3,(H,24,26)/t15-,16+,19+,21+/m0/s1. The molecule has 146 valence electrons. The second kappa shape index (κ2) is 7.58. The van der Waals surface area contributed by atoms with Gasteiger partial charge in [0.2, 0.25) is 5.91 Å². The number of unbranched alkanes of at least 4 members (excludes halogenated alkanes) is 1. The van der Waals surface area contributed by atoms with Gasteiger partial charge in [0.25, 0.3) is 0 Å². The molecule has 4 heterocycles. The Labute approximate surface area is 160 Å². The van der Waals surface area contributed by atoms with E-state index in [0.29, 0.717) is 30.5 Å². The van der Waals surface area contributed by atoms with Crippen molar-refractivity contribution in [2.24, 2.45) is 11.8 Å². The van der Waals surface area contributed by atoms with Gasteiger partial charge in [-0.15, -0.1) is 0 Å². The van der Waals surface area contributed by atoms with Crippen LogP contribution < -0.4 is 10.2 Å². The summed E-state index contributed by atoms with van der Waals surface area (Å²) < 4.78 is 20.6. The van der Waals surface area contributed by atoms with Crippen molar-refractivity contribution in [2.75, 3.05) is 24.5 Å². The summed E-state index contributed by atoms with van der Waals surface area (Å²) in [5, 5.41) is 3.12. The van der Waals surface area contributed by atoms with E-state index in [4.69, 9.17) is 4.74 Å². The number of nitrogens with zero attached hydrogens (tertiary/aromatic N) is 2. The third kappa shape index (κ3) is 3.47. The molecule has 2 bridgehead atoms. The van der Waals surface area contributed by atoms with Crippen LogP contribution >= 0.6 is 0 Å². The molecule has 0 unspecified atom stereocenters. The van der Waals surface area contributed by atoms with Gasteiger partial charge >= 0.3 is 0 Å². The quantitative estimate of drug-likeness (QED) is 0.590. The number of hydrogen-bond acceptors (Lipinski definition) is 4. The lowest BCUT2D eigenvalue weighted by Gasteiger charge is -2.29. The molecular weight excluding hydrogens is 345 g/mol. The van der Waals surface area contributed by atoms with Crippen molar-refractivity contribution in [3.05, 3.63) is 36.4 Å². The van der Waals surface area contributed by atoms with Gasteiger partial charge in [-0.05, 0) is 38.7 Å². The van der Waals surface area contributed by atoms with Crippen LogP contribution in [0.1, 0.15) is 39.0 Å². The Bertz CT molecular complexity index is 725. The molecule has 4 atom stereocenters. The van der Waals surface area contributed by atoms with E-state index < -0.39 is 0 Å². The normalized spacial score (nSPS) is 31.6. The van der Waals surface area contributed by atoms with Crippen LogP contribution in [0.5, 0.6) is 0 Å². The average molecular weight is 373 g/mol. The predicted octanol–water partition coefficient (Wildman–Crippen LogP) is 3.07. The summed E-state index contributed by atoms with van der Waals surface area (Å²) in [6.07, 6.45) is 11.7. The smallest absolute Gasteiger partial charge is 0.220 e. The molecule has 1 N–H and O–H groups in total. The summed E-state index contributed by atoms with van der Waals surface area (Å²) in [5.74, 6) is 0.487. The number of carbonyl (C=O) groups excluding carboxylic acids is 1. The van der Waals surface area contributed by atoms with Gasteiger partial charge in [0.1, 0.15) is 0 Å². The maximum Gasteiger partial charge on any atom is 0.220 e. The SMILES string of the molecule is CC=CCCCC(=O)NC[C@H]1[C@H]2CN(c3ccncc3F)C[C@]23CC[C@H]1O3. The number of aromatic nitrogens is 1. The zero-order valence-electron chi connectivity index (χ0n) is 15.9. The maximum atomic E-state index is 14.2. The van der Waals surface area contributed by atoms with Gasteiger partial charge in [-0.2, -0.15) is 0 Å². The minimum absolute atomic E-state index is 0.117. The maximum absolute atomic E-state index is 14.2. The van der Waals surface area contributed by atoms with E-state index in [1.165, 1.54) is 6.20 Å². The van der Waals surface area contributed by atoms with E-state index in [9.17, 15) is 9.18 Å². The van der Waals surface area contributed by atoms with Gasteiger partial charge in [0.05, 0.1) is 23.6 Å². The van der Waals surface area contributed by atoms with Crippen LogP contribution in [0.2, 0.25) is 0 Å². The van der Waals surface area contributed by atoms with Gasteiger partial charge < -0.3 is 15.0 Å². The lowest BCUT2D eigenvalue weighted by atomic mass is 9.73. The van der Waals surface area contributed by atoms with Crippen molar-refractivity contribution in [3.8, 4) is 0 Å². The number of amides is 1. The van der Waals surface area contributed by atoms with Gasteiger partial charge in [-0.3, -0.25) is 9.78 Å². The molecule has 3 aliphatic heterocycles. The van der Waals surface area contributed by atoms with Crippen molar-refractivity contribution >= 4 is 11.6 Å². The van der Waals surface area contributed by atoms with Crippen LogP contribution in [0.15, 0.2) is 30.6 Å². The first-order valence-corrected chi connectivity index (χ1v) is 10.0. The summed E-state index contributed by atoms with van der Waals surface area (Å²) >= 11 is 0. The molecule has 0 aromatic carbocycles. The average Bonchev–Trinajstić information content (AvgIpc) is 3.32. The Balaban J connectivity index is 1.37. The minimum atomic E-state index is -0.283. The van der Waals surface area contributed by atoms with Crippen LogP contribution in [0.25, 0.3) is 0 Å². The molecule has 0 aliphatic carbocycles. The van der Waals surface area contributed by atoms with Gasteiger partial charge in [-0.1, -0.05) is 12.2 Å². The number of halogens is 1. The van der Waals surface area contributed by atoms with Gasteiger partial charge in [0, 0.05) is 44.1 Å². The highest BCUT2D eigenvalue weighted by atomic mass is 19.1. The van der Waals surface area contributed by atoms with E-state index in [1.54, 1.807) is 12.3 Å². The van der Waals surface area contributed by atoms with Crippen LogP contribution in [0, 0.1) is 17.7 Å². The molecule has 4 rings (SSSR count). The van der Waals surface area contributed by atoms with E-state index in [-0.39, 0.29) is 23.4 Å². The molecule has 27 heavy (non-hydrogen) atoms. The summed E-state index contributed by atoms with van der Waals surface area (Å²) in [7, 11) is 0. The zero-order chi connectivity index (χ0) is 18.9. The minimum Gasteiger partial charge on any atom is -0.369 e. The van der Waals surface area contributed by atoms with Gasteiger partial charge in [-0.25, -0.2) is 4.39 Å². The third-order valence-corrected chi connectivity index (χ3v) is 6.42. The fraction of sp³-hybridized carbons (Fsp3) is 0.619. The first-order chi connectivity index (χ1) is 13.1. The Morgan fingerprint density at radius 2 is 2.44 bits per heavy atom. The molecule has 1 aromatic rings. The van der Waals surface area contributed by atoms with E-state index in [1.807, 2.05) is 13.0 Å². The summed E-state index contributed by atoms with van der Waals surface area (Å²) in [6, 6.07) is 1.74. The van der Waals surface area contributed by atoms with Crippen LogP contribution in [0.3, 0.4) is 0 Å². The molecule has 1 spiro atoms. The van der Waals surface area contributed by atoms with Crippen molar-refractivity contribution in [2.45, 2.75) is 50.7 Å². The summed E-state index contributed by atoms with van der Waals surface area (Å²) in [4.78, 5) is 18.1. The second-order valence-electron chi connectivity index (χ2n) is 8.00. The summed E-state index contributed by atoms with van der Waals surface area (Å²) in [6.45, 7) is 4.15. The Hall–Kier alpha value is -1.95. The van der Waals surface area contributed by atoms with Crippen LogP contribution in [-0.4, -0.2) is 42.2 Å². The lowest BCUT2D eigenvalue weighted by molar-refractivity contribution is -0.121. The Morgan fingerprint density at radius 1 is 1.56 bits per heavy atom. The number of carbonyl (C=O) groups is 1. The Morgan fingerprint density at radius 3 is 3.26 bits per heavy atom. The number of ether oxygens (including phenoxy) is 1. The van der Waals surface area contributed by atoms with Crippen LogP contribution in [0.4, 0.5) is 10.1 Å². The van der Waals surface area contributed by atoms with Crippen molar-refractivity contribution in [1.29, 1.82) is 0 Å². The molecule has 3 fully saturated rings. The fourth-order valence-corrected chi connectivity index (χ4v) is 5.14. The fourth-order valence-electron chi connectivity index (χ4n) is 5.14. The number of nitrogens with one attached hydrogen (secondary N) is 1. The number of allylic oxidation sites excluding steroid dienone is 2. The molecule has 5 nitrogen and oxygen atoms in total. The third-order valence-electron chi connectivity index (χ3n) is 6.42. The lowest BCUT2D eigenvalue weighted by Crippen LogP contribution is -2.41. The molecule has 0 radical (unpaired) electrons. The molecule has 0 saturated carbocycles. The highest BCUT2D eigenvalue weighted by Crippen LogP contribution is 2.55. The Kier molecular flexibility index (Phi) is 5.17. The molecule has 6 heteroatoms. The first-order valence-electron chi connectivity index (χ1n) is 10.0. The molecule has 3 aliphatic rings. The van der Waals surface area contributed by atoms with Crippen LogP contribution in [-0.2, 0) is 9.53 Å². The number of fused-ring (bicyclic) bond motifs is 1. The molecule has 1 aromatic heterocycles. The van der Waals surface area contributed by atoms with E-state index in [2.05, 4.69) is 21.3 Å². The molecular formula is C21H28FN3O2. The van der Waals surface area contributed by atoms with Gasteiger partial charge in [0.15, 0.2) is 5.82 Å². The number of anilines is 1. The van der Waals surface area contributed by atoms with Crippen molar-refractivity contribution in [3.63, 3.8) is 0 Å². The highest BCUT2D eigenvalue weighted by Gasteiger charge is 2.63. The molecule has 3 saturated heterocycles. The second-order valence-corrected chi connectivity index (χ2v) is 8.00. The largest absolute Gasteiger partial charge is 0.369 e. The molecule has 1 amide bonds. The number of pyridine rings is 1. The zero-order valence-corrected chi connectivity index (χ0v) is 15.9. The summed E-state index contributed by atoms with van der Waals surface area (Å²) in [5.41, 5.74) is 0.425. The van der Waals surface area contributed by atoms with E-state index in [0.717, 1.165) is 38.8 Å². The number of hydrogen-bond donors (Lipinski definition) is 1.